The van der Waals surface area contributed by atoms with Gasteiger partial charge in [0.05, 0.1) is 39.7 Å². The number of hydrogen-bond acceptors (Lipinski definition) is 6. The van der Waals surface area contributed by atoms with E-state index in [1.54, 1.807) is 29.1 Å². The average molecular weight is 432 g/mol. The Morgan fingerprint density at radius 3 is 2.50 bits per heavy atom. The zero-order valence-corrected chi connectivity index (χ0v) is 17.7. The number of thioether (sulfide) groups is 1. The second-order valence-electron chi connectivity index (χ2n) is 6.59. The maximum absolute atomic E-state index is 13.4. The first-order chi connectivity index (χ1) is 14.7. The smallest absolute Gasteiger partial charge is 0.266 e. The highest BCUT2D eigenvalue weighted by molar-refractivity contribution is 7.98. The third kappa shape index (κ3) is 3.36. The molecule has 0 amide bonds. The Morgan fingerprint density at radius 1 is 0.933 bits per heavy atom. The van der Waals surface area contributed by atoms with Crippen LogP contribution in [0, 0.1) is 0 Å². The SMILES string of the molecule is COc1ccccc1-n1c(SCc2nc3ccccc3s2)nc2ccccc2c1=O. The van der Waals surface area contributed by atoms with E-state index in [0.717, 1.165) is 15.2 Å². The number of hydrogen-bond donors (Lipinski definition) is 0. The monoisotopic (exact) mass is 431 g/mol. The van der Waals surface area contributed by atoms with Crippen LogP contribution in [0.15, 0.2) is 82.7 Å². The van der Waals surface area contributed by atoms with E-state index in [1.165, 1.54) is 11.8 Å². The Balaban J connectivity index is 1.63. The summed E-state index contributed by atoms with van der Waals surface area (Å²) in [6, 6.07) is 23.0. The highest BCUT2D eigenvalue weighted by Gasteiger charge is 2.17. The summed E-state index contributed by atoms with van der Waals surface area (Å²) in [7, 11) is 1.60. The molecule has 0 unspecified atom stereocenters. The number of nitrogens with zero attached hydrogens (tertiary/aromatic N) is 3. The number of fused-ring (bicyclic) bond motifs is 2. The van der Waals surface area contributed by atoms with Crippen LogP contribution in [-0.4, -0.2) is 21.6 Å². The van der Waals surface area contributed by atoms with Crippen molar-refractivity contribution in [1.29, 1.82) is 0 Å². The lowest BCUT2D eigenvalue weighted by molar-refractivity contribution is 0.411. The number of ether oxygens (including phenoxy) is 1. The summed E-state index contributed by atoms with van der Waals surface area (Å²) in [5, 5.41) is 2.19. The van der Waals surface area contributed by atoms with E-state index < -0.39 is 0 Å². The molecule has 5 nitrogen and oxygen atoms in total. The highest BCUT2D eigenvalue weighted by atomic mass is 32.2. The van der Waals surface area contributed by atoms with Gasteiger partial charge in [-0.1, -0.05) is 48.2 Å². The Labute approximate surface area is 181 Å². The fourth-order valence-corrected chi connectivity index (χ4v) is 5.31. The predicted molar refractivity (Wildman–Crippen MR) is 123 cm³/mol. The van der Waals surface area contributed by atoms with Crippen molar-refractivity contribution in [2.75, 3.05) is 7.11 Å². The summed E-state index contributed by atoms with van der Waals surface area (Å²) in [6.45, 7) is 0. The van der Waals surface area contributed by atoms with Gasteiger partial charge in [0.1, 0.15) is 10.8 Å². The second kappa shape index (κ2) is 7.93. The van der Waals surface area contributed by atoms with Crippen LogP contribution in [0.3, 0.4) is 0 Å². The van der Waals surface area contributed by atoms with Crippen molar-refractivity contribution in [2.24, 2.45) is 0 Å². The lowest BCUT2D eigenvalue weighted by Gasteiger charge is -2.15. The summed E-state index contributed by atoms with van der Waals surface area (Å²) in [5.74, 6) is 1.25. The Bertz CT molecular complexity index is 1390. The van der Waals surface area contributed by atoms with Crippen molar-refractivity contribution >= 4 is 44.2 Å². The molecule has 5 aromatic rings. The zero-order valence-electron chi connectivity index (χ0n) is 16.1. The van der Waals surface area contributed by atoms with Gasteiger partial charge in [0.2, 0.25) is 0 Å². The summed E-state index contributed by atoms with van der Waals surface area (Å²) in [6.07, 6.45) is 0. The van der Waals surface area contributed by atoms with E-state index in [-0.39, 0.29) is 5.56 Å². The van der Waals surface area contributed by atoms with Crippen molar-refractivity contribution in [2.45, 2.75) is 10.9 Å². The van der Waals surface area contributed by atoms with E-state index >= 15 is 0 Å². The lowest BCUT2D eigenvalue weighted by Crippen LogP contribution is -2.22. The van der Waals surface area contributed by atoms with Gasteiger partial charge in [-0.05, 0) is 36.4 Å². The molecule has 148 valence electrons. The first-order valence-electron chi connectivity index (χ1n) is 9.37. The number of thiazole rings is 1. The topological polar surface area (TPSA) is 57.0 Å². The Morgan fingerprint density at radius 2 is 1.67 bits per heavy atom. The molecule has 5 rings (SSSR count). The van der Waals surface area contributed by atoms with E-state index in [0.29, 0.717) is 33.2 Å². The molecule has 0 N–H and O–H groups in total. The highest BCUT2D eigenvalue weighted by Crippen LogP contribution is 2.31. The van der Waals surface area contributed by atoms with E-state index in [4.69, 9.17) is 14.7 Å². The Hall–Kier alpha value is -3.16. The summed E-state index contributed by atoms with van der Waals surface area (Å²) < 4.78 is 8.31. The molecule has 0 aliphatic heterocycles. The van der Waals surface area contributed by atoms with Crippen LogP contribution in [0.1, 0.15) is 5.01 Å². The summed E-state index contributed by atoms with van der Waals surface area (Å²) in [4.78, 5) is 22.9. The lowest BCUT2D eigenvalue weighted by atomic mass is 10.2. The van der Waals surface area contributed by atoms with Crippen molar-refractivity contribution in [3.05, 3.63) is 88.2 Å². The van der Waals surface area contributed by atoms with Crippen molar-refractivity contribution in [3.63, 3.8) is 0 Å². The van der Waals surface area contributed by atoms with Crippen molar-refractivity contribution < 1.29 is 4.74 Å². The van der Waals surface area contributed by atoms with Crippen LogP contribution in [0.4, 0.5) is 0 Å². The van der Waals surface area contributed by atoms with Crippen LogP contribution in [0.5, 0.6) is 5.75 Å². The summed E-state index contributed by atoms with van der Waals surface area (Å²) >= 11 is 3.16. The molecule has 0 saturated carbocycles. The molecule has 7 heteroatoms. The number of methoxy groups -OCH3 is 1. The number of rotatable bonds is 5. The van der Waals surface area contributed by atoms with Crippen LogP contribution < -0.4 is 10.3 Å². The quantitative estimate of drug-likeness (QED) is 0.279. The van der Waals surface area contributed by atoms with E-state index in [1.807, 2.05) is 60.7 Å². The van der Waals surface area contributed by atoms with Crippen LogP contribution in [0.25, 0.3) is 26.8 Å². The molecule has 30 heavy (non-hydrogen) atoms. The minimum atomic E-state index is -0.114. The van der Waals surface area contributed by atoms with Crippen LogP contribution in [-0.2, 0) is 5.75 Å². The molecule has 0 spiro atoms. The van der Waals surface area contributed by atoms with Gasteiger partial charge in [0.15, 0.2) is 5.16 Å². The van der Waals surface area contributed by atoms with Crippen LogP contribution >= 0.6 is 23.1 Å². The largest absolute Gasteiger partial charge is 0.495 e. The second-order valence-corrected chi connectivity index (χ2v) is 8.65. The molecule has 0 bridgehead atoms. The molecule has 0 fully saturated rings. The standard InChI is InChI=1S/C23H17N3O2S2/c1-28-19-12-6-5-11-18(19)26-22(27)15-8-2-3-9-16(15)25-23(26)29-14-21-24-17-10-4-7-13-20(17)30-21/h2-13H,14H2,1H3. The normalized spacial score (nSPS) is 11.2. The molecular weight excluding hydrogens is 414 g/mol. The third-order valence-corrected chi connectivity index (χ3v) is 6.90. The molecule has 0 aliphatic carbocycles. The fourth-order valence-electron chi connectivity index (χ4n) is 3.34. The molecule has 0 saturated heterocycles. The minimum Gasteiger partial charge on any atom is -0.495 e. The van der Waals surface area contributed by atoms with Gasteiger partial charge >= 0.3 is 0 Å². The van der Waals surface area contributed by atoms with Gasteiger partial charge in [-0.3, -0.25) is 9.36 Å². The Kier molecular flexibility index (Phi) is 4.98. The summed E-state index contributed by atoms with van der Waals surface area (Å²) in [5.41, 5.74) is 2.24. The predicted octanol–water partition coefficient (Wildman–Crippen LogP) is 5.30. The minimum absolute atomic E-state index is 0.114. The van der Waals surface area contributed by atoms with Gasteiger partial charge in [-0.25, -0.2) is 9.97 Å². The molecule has 3 aromatic carbocycles. The molecule has 2 heterocycles. The molecular formula is C23H17N3O2S2. The molecule has 0 radical (unpaired) electrons. The third-order valence-electron chi connectivity index (χ3n) is 4.73. The van der Waals surface area contributed by atoms with Gasteiger partial charge in [-0.2, -0.15) is 0 Å². The molecule has 2 aromatic heterocycles. The van der Waals surface area contributed by atoms with Crippen molar-refractivity contribution in [3.8, 4) is 11.4 Å². The van der Waals surface area contributed by atoms with Crippen molar-refractivity contribution in [1.82, 2.24) is 14.5 Å². The average Bonchev–Trinajstić information content (AvgIpc) is 3.21. The maximum Gasteiger partial charge on any atom is 0.266 e. The number of benzene rings is 3. The molecule has 0 aliphatic rings. The van der Waals surface area contributed by atoms with Gasteiger partial charge in [0.25, 0.3) is 5.56 Å². The number of para-hydroxylation sites is 4. The maximum atomic E-state index is 13.4. The first-order valence-corrected chi connectivity index (χ1v) is 11.2. The van der Waals surface area contributed by atoms with Crippen LogP contribution in [0.2, 0.25) is 0 Å². The molecule has 0 atom stereocenters. The van der Waals surface area contributed by atoms with Gasteiger partial charge in [-0.15, -0.1) is 11.3 Å². The zero-order chi connectivity index (χ0) is 20.5. The first kappa shape index (κ1) is 18.8. The van der Waals surface area contributed by atoms with Gasteiger partial charge < -0.3 is 4.74 Å². The number of aromatic nitrogens is 3. The fraction of sp³-hybridized carbons (Fsp3) is 0.0870. The van der Waals surface area contributed by atoms with Gasteiger partial charge in [0, 0.05) is 0 Å². The van der Waals surface area contributed by atoms with E-state index in [9.17, 15) is 4.79 Å². The van der Waals surface area contributed by atoms with E-state index in [2.05, 4.69) is 6.07 Å².